The fourth-order valence-corrected chi connectivity index (χ4v) is 4.00. The molecule has 0 aliphatic carbocycles. The minimum Gasteiger partial charge on any atom is -0.438 e. The third-order valence-corrected chi connectivity index (χ3v) is 5.79. The second-order valence-electron chi connectivity index (χ2n) is 6.82. The number of ether oxygens (including phenoxy) is 2. The number of hydrogen-bond donors (Lipinski definition) is 1. The quantitative estimate of drug-likeness (QED) is 0.816. The van der Waals surface area contributed by atoms with Gasteiger partial charge in [0.2, 0.25) is 5.88 Å². The molecule has 1 N–H and O–H groups in total. The highest BCUT2D eigenvalue weighted by molar-refractivity contribution is 6.41. The van der Waals surface area contributed by atoms with Crippen molar-refractivity contribution < 1.29 is 9.47 Å². The second-order valence-corrected chi connectivity index (χ2v) is 7.58. The number of aromatic amines is 1. The van der Waals surface area contributed by atoms with Crippen molar-refractivity contribution in [2.75, 3.05) is 13.2 Å². The number of pyridine rings is 1. The van der Waals surface area contributed by atoms with Crippen molar-refractivity contribution in [2.24, 2.45) is 10.9 Å². The van der Waals surface area contributed by atoms with Gasteiger partial charge in [-0.05, 0) is 56.2 Å². The zero-order chi connectivity index (χ0) is 18.6. The SMILES string of the molecule is Clc1[nH]c2c(c1Cl)=C(CCC1CCOCC1)CC=C(Oc1cccnc1)N=2. The summed E-state index contributed by atoms with van der Waals surface area (Å²) in [4.78, 5) is 11.8. The molecule has 7 heteroatoms. The molecule has 2 aliphatic rings. The van der Waals surface area contributed by atoms with E-state index >= 15 is 0 Å². The van der Waals surface area contributed by atoms with Crippen LogP contribution >= 0.6 is 23.2 Å². The first-order valence-electron chi connectivity index (χ1n) is 9.20. The maximum absolute atomic E-state index is 6.49. The summed E-state index contributed by atoms with van der Waals surface area (Å²) in [5.41, 5.74) is 1.89. The first kappa shape index (κ1) is 18.5. The first-order chi connectivity index (χ1) is 13.2. The van der Waals surface area contributed by atoms with Gasteiger partial charge in [-0.25, -0.2) is 0 Å². The highest BCUT2D eigenvalue weighted by atomic mass is 35.5. The molecule has 0 atom stereocenters. The third-order valence-electron chi connectivity index (χ3n) is 5.03. The minimum atomic E-state index is 0.414. The molecule has 2 aromatic rings. The highest BCUT2D eigenvalue weighted by Gasteiger charge is 2.18. The fourth-order valence-electron chi connectivity index (χ4n) is 3.54. The minimum absolute atomic E-state index is 0.414. The molecule has 1 fully saturated rings. The number of H-pyrrole nitrogens is 1. The van der Waals surface area contributed by atoms with Gasteiger partial charge in [0.1, 0.15) is 16.4 Å². The Morgan fingerprint density at radius 2 is 2.11 bits per heavy atom. The Bertz CT molecular complexity index is 948. The molecule has 5 nitrogen and oxygen atoms in total. The number of rotatable bonds is 5. The third kappa shape index (κ3) is 4.37. The van der Waals surface area contributed by atoms with E-state index in [2.05, 4.69) is 15.0 Å². The highest BCUT2D eigenvalue weighted by Crippen LogP contribution is 2.26. The van der Waals surface area contributed by atoms with E-state index in [1.807, 2.05) is 18.2 Å². The number of aromatic nitrogens is 2. The summed E-state index contributed by atoms with van der Waals surface area (Å²) in [5, 5.41) is 1.86. The molecule has 4 rings (SSSR count). The van der Waals surface area contributed by atoms with Crippen LogP contribution in [0.15, 0.2) is 41.5 Å². The van der Waals surface area contributed by atoms with Gasteiger partial charge in [0.25, 0.3) is 0 Å². The van der Waals surface area contributed by atoms with Crippen LogP contribution in [0.25, 0.3) is 5.57 Å². The van der Waals surface area contributed by atoms with Crippen molar-refractivity contribution in [2.45, 2.75) is 32.1 Å². The Hall–Kier alpha value is -1.82. The number of hydrogen-bond acceptors (Lipinski definition) is 4. The zero-order valence-electron chi connectivity index (χ0n) is 14.9. The molecule has 1 saturated heterocycles. The van der Waals surface area contributed by atoms with Crippen molar-refractivity contribution in [3.63, 3.8) is 0 Å². The van der Waals surface area contributed by atoms with E-state index in [4.69, 9.17) is 32.7 Å². The van der Waals surface area contributed by atoms with Crippen molar-refractivity contribution in [1.82, 2.24) is 9.97 Å². The van der Waals surface area contributed by atoms with Crippen LogP contribution in [0, 0.1) is 5.92 Å². The largest absolute Gasteiger partial charge is 0.438 e. The molecule has 0 saturated carbocycles. The second kappa shape index (κ2) is 8.46. The molecule has 0 unspecified atom stereocenters. The van der Waals surface area contributed by atoms with Crippen LogP contribution in [0.4, 0.5) is 0 Å². The molecule has 4 heterocycles. The predicted molar refractivity (Wildman–Crippen MR) is 105 cm³/mol. The van der Waals surface area contributed by atoms with Crippen LogP contribution in [0.5, 0.6) is 5.75 Å². The molecule has 0 bridgehead atoms. The Labute approximate surface area is 167 Å². The molecule has 27 heavy (non-hydrogen) atoms. The first-order valence-corrected chi connectivity index (χ1v) is 9.96. The number of halogens is 2. The van der Waals surface area contributed by atoms with Gasteiger partial charge >= 0.3 is 0 Å². The molecular weight excluding hydrogens is 385 g/mol. The van der Waals surface area contributed by atoms with Gasteiger partial charge < -0.3 is 14.5 Å². The summed E-state index contributed by atoms with van der Waals surface area (Å²) in [5.74, 6) is 1.85. The summed E-state index contributed by atoms with van der Waals surface area (Å²) >= 11 is 12.7. The smallest absolute Gasteiger partial charge is 0.217 e. The summed E-state index contributed by atoms with van der Waals surface area (Å²) in [6, 6.07) is 3.67. The van der Waals surface area contributed by atoms with E-state index in [1.165, 1.54) is 5.57 Å². The molecule has 2 aromatic heterocycles. The monoisotopic (exact) mass is 405 g/mol. The van der Waals surface area contributed by atoms with Gasteiger partial charge in [0.05, 0.1) is 11.2 Å². The molecule has 142 valence electrons. The van der Waals surface area contributed by atoms with Crippen LogP contribution in [0.3, 0.4) is 0 Å². The van der Waals surface area contributed by atoms with Gasteiger partial charge in [-0.15, -0.1) is 0 Å². The Morgan fingerprint density at radius 1 is 1.26 bits per heavy atom. The van der Waals surface area contributed by atoms with Crippen molar-refractivity contribution in [1.29, 1.82) is 0 Å². The van der Waals surface area contributed by atoms with E-state index in [0.717, 1.165) is 50.5 Å². The van der Waals surface area contributed by atoms with Crippen LogP contribution in [0.1, 0.15) is 32.1 Å². The lowest BCUT2D eigenvalue weighted by atomic mass is 9.91. The Kier molecular flexibility index (Phi) is 5.81. The van der Waals surface area contributed by atoms with Crippen molar-refractivity contribution in [3.05, 3.63) is 57.4 Å². The maximum Gasteiger partial charge on any atom is 0.217 e. The predicted octanol–water partition coefficient (Wildman–Crippen LogP) is 4.02. The topological polar surface area (TPSA) is 59.5 Å². The molecule has 0 spiro atoms. The van der Waals surface area contributed by atoms with Crippen LogP contribution in [-0.2, 0) is 4.74 Å². The Balaban J connectivity index is 1.61. The standard InChI is InChI=1S/C20H21Cl2N3O2/c21-18-17-14(4-3-13-7-10-26-11-8-13)5-6-16(24-20(17)25-19(18)22)27-15-2-1-9-23-12-15/h1-2,6,9,12-13H,3-5,7-8,10-11H2,(H,24,25). The van der Waals surface area contributed by atoms with E-state index in [9.17, 15) is 0 Å². The van der Waals surface area contributed by atoms with E-state index in [-0.39, 0.29) is 0 Å². The van der Waals surface area contributed by atoms with Crippen molar-refractivity contribution in [3.8, 4) is 5.75 Å². The lowest BCUT2D eigenvalue weighted by molar-refractivity contribution is 0.0643. The molecule has 0 amide bonds. The number of allylic oxidation sites excluding steroid dienone is 1. The van der Waals surface area contributed by atoms with Crippen molar-refractivity contribution >= 4 is 28.8 Å². The average Bonchev–Trinajstić information content (AvgIpc) is 2.87. The molecular formula is C20H21Cl2N3O2. The van der Waals surface area contributed by atoms with Crippen LogP contribution in [0.2, 0.25) is 10.2 Å². The molecule has 2 aliphatic heterocycles. The van der Waals surface area contributed by atoms with Crippen LogP contribution < -0.4 is 15.4 Å². The van der Waals surface area contributed by atoms with Gasteiger partial charge in [-0.3, -0.25) is 4.98 Å². The van der Waals surface area contributed by atoms with E-state index in [0.29, 0.717) is 33.2 Å². The summed E-state index contributed by atoms with van der Waals surface area (Å²) in [6.45, 7) is 1.72. The molecule has 0 aromatic carbocycles. The van der Waals surface area contributed by atoms with Gasteiger partial charge in [-0.1, -0.05) is 28.8 Å². The molecule has 0 radical (unpaired) electrons. The number of nitrogens with one attached hydrogen (secondary N) is 1. The lowest BCUT2D eigenvalue weighted by Crippen LogP contribution is -2.26. The fraction of sp³-hybridized carbons (Fsp3) is 0.400. The number of nitrogens with zero attached hydrogens (tertiary/aromatic N) is 2. The van der Waals surface area contributed by atoms with E-state index in [1.54, 1.807) is 12.4 Å². The lowest BCUT2D eigenvalue weighted by Gasteiger charge is -2.22. The average molecular weight is 406 g/mol. The van der Waals surface area contributed by atoms with Crippen LogP contribution in [-0.4, -0.2) is 23.2 Å². The Morgan fingerprint density at radius 3 is 2.89 bits per heavy atom. The van der Waals surface area contributed by atoms with Gasteiger partial charge in [0.15, 0.2) is 0 Å². The number of fused-ring (bicyclic) bond motifs is 1. The summed E-state index contributed by atoms with van der Waals surface area (Å²) < 4.78 is 11.3. The normalized spacial score (nSPS) is 17.7. The zero-order valence-corrected chi connectivity index (χ0v) is 16.4. The summed E-state index contributed by atoms with van der Waals surface area (Å²) in [7, 11) is 0. The van der Waals surface area contributed by atoms with Gasteiger partial charge in [-0.2, -0.15) is 4.99 Å². The van der Waals surface area contributed by atoms with Gasteiger partial charge in [0, 0.05) is 24.6 Å². The van der Waals surface area contributed by atoms with E-state index < -0.39 is 0 Å². The maximum atomic E-state index is 6.49. The summed E-state index contributed by atoms with van der Waals surface area (Å²) in [6.07, 6.45) is 10.4.